The molecule has 0 unspecified atom stereocenters. The molecule has 7 nitrogen and oxygen atoms in total. The first-order valence-corrected chi connectivity index (χ1v) is 10.4. The van der Waals surface area contributed by atoms with Crippen LogP contribution in [0.3, 0.4) is 0 Å². The molecule has 0 aliphatic carbocycles. The number of carbonyl (C=O) groups excluding carboxylic acids is 1. The van der Waals surface area contributed by atoms with Crippen molar-refractivity contribution in [3.63, 3.8) is 0 Å². The Kier molecular flexibility index (Phi) is 5.89. The molecule has 0 atom stereocenters. The van der Waals surface area contributed by atoms with Crippen molar-refractivity contribution < 1.29 is 9.90 Å². The fourth-order valence-corrected chi connectivity index (χ4v) is 4.08. The Morgan fingerprint density at radius 3 is 2.77 bits per heavy atom. The number of thiophene rings is 1. The maximum Gasteiger partial charge on any atom is 0.255 e. The summed E-state index contributed by atoms with van der Waals surface area (Å²) in [6.45, 7) is -0.225. The summed E-state index contributed by atoms with van der Waals surface area (Å²) in [4.78, 5) is 24.9. The Hall–Kier alpha value is -3.07. The number of aryl methyl sites for hydroxylation is 1. The number of ketones is 1. The molecule has 0 radical (unpaired) electrons. The predicted molar refractivity (Wildman–Crippen MR) is 115 cm³/mol. The number of halogens is 1. The minimum Gasteiger partial charge on any atom is -0.392 e. The average Bonchev–Trinajstić information content (AvgIpc) is 3.41. The molecule has 0 fully saturated rings. The maximum absolute atomic E-state index is 12.2. The van der Waals surface area contributed by atoms with Crippen molar-refractivity contribution in [2.75, 3.05) is 0 Å². The molecule has 4 aromatic rings. The zero-order valence-electron chi connectivity index (χ0n) is 15.7. The van der Waals surface area contributed by atoms with Crippen LogP contribution in [0.5, 0.6) is 0 Å². The third-order valence-corrected chi connectivity index (χ3v) is 5.85. The lowest BCUT2D eigenvalue weighted by atomic mass is 10.1. The van der Waals surface area contributed by atoms with E-state index in [1.807, 2.05) is 0 Å². The van der Waals surface area contributed by atoms with Gasteiger partial charge in [-0.1, -0.05) is 22.9 Å². The standard InChI is InChI=1S/C21H17ClN4O3S/c22-20-9-8-19(30-20)18(28)7-4-15-12-26(24-23-15)17-6-5-16(11-14(17)13-27)25-10-2-1-3-21(25)29/h1-3,5-6,8-12,27H,4,7,13H2. The molecule has 152 valence electrons. The fourth-order valence-electron chi connectivity index (χ4n) is 3.07. The maximum atomic E-state index is 12.2. The van der Waals surface area contributed by atoms with Crippen LogP contribution in [-0.4, -0.2) is 30.5 Å². The molecule has 9 heteroatoms. The molecule has 1 N–H and O–H groups in total. The molecular formula is C21H17ClN4O3S. The zero-order chi connectivity index (χ0) is 21.1. The van der Waals surface area contributed by atoms with Gasteiger partial charge >= 0.3 is 0 Å². The molecule has 4 rings (SSSR count). The summed E-state index contributed by atoms with van der Waals surface area (Å²) < 4.78 is 3.64. The largest absolute Gasteiger partial charge is 0.392 e. The molecule has 1 aromatic carbocycles. The van der Waals surface area contributed by atoms with E-state index in [2.05, 4.69) is 10.3 Å². The van der Waals surface area contributed by atoms with Crippen LogP contribution in [0.1, 0.15) is 27.3 Å². The first kappa shape index (κ1) is 20.2. The number of pyridine rings is 1. The van der Waals surface area contributed by atoms with Gasteiger partial charge < -0.3 is 5.11 Å². The van der Waals surface area contributed by atoms with Gasteiger partial charge in [0, 0.05) is 36.4 Å². The molecule has 0 spiro atoms. The molecule has 0 amide bonds. The fraction of sp³-hybridized carbons (Fsp3) is 0.143. The first-order valence-electron chi connectivity index (χ1n) is 9.17. The van der Waals surface area contributed by atoms with Gasteiger partial charge in [0.2, 0.25) is 0 Å². The molecule has 0 aliphatic heterocycles. The van der Waals surface area contributed by atoms with Gasteiger partial charge in [-0.15, -0.1) is 16.4 Å². The van der Waals surface area contributed by atoms with Crippen molar-refractivity contribution in [2.24, 2.45) is 0 Å². The number of nitrogens with zero attached hydrogens (tertiary/aromatic N) is 4. The molecule has 0 saturated carbocycles. The highest BCUT2D eigenvalue weighted by Crippen LogP contribution is 2.23. The number of hydrogen-bond acceptors (Lipinski definition) is 6. The van der Waals surface area contributed by atoms with Gasteiger partial charge in [-0.2, -0.15) is 0 Å². The second kappa shape index (κ2) is 8.74. The quantitative estimate of drug-likeness (QED) is 0.444. The van der Waals surface area contributed by atoms with Crippen molar-refractivity contribution >= 4 is 28.7 Å². The number of aliphatic hydroxyl groups excluding tert-OH is 1. The van der Waals surface area contributed by atoms with E-state index in [0.717, 1.165) is 0 Å². The minimum atomic E-state index is -0.225. The average molecular weight is 441 g/mol. The van der Waals surface area contributed by atoms with E-state index in [-0.39, 0.29) is 17.9 Å². The van der Waals surface area contributed by atoms with Crippen LogP contribution >= 0.6 is 22.9 Å². The number of Topliss-reactive ketones (excluding diaryl/α,β-unsaturated/α-hetero) is 1. The Balaban J connectivity index is 1.53. The highest BCUT2D eigenvalue weighted by atomic mass is 35.5. The zero-order valence-corrected chi connectivity index (χ0v) is 17.3. The van der Waals surface area contributed by atoms with Gasteiger partial charge in [-0.3, -0.25) is 14.2 Å². The van der Waals surface area contributed by atoms with Crippen LogP contribution in [0.2, 0.25) is 4.34 Å². The van der Waals surface area contributed by atoms with Crippen molar-refractivity contribution in [2.45, 2.75) is 19.4 Å². The van der Waals surface area contributed by atoms with Gasteiger partial charge in [-0.05, 0) is 36.4 Å². The summed E-state index contributed by atoms with van der Waals surface area (Å²) in [5, 5.41) is 18.1. The number of hydrogen-bond donors (Lipinski definition) is 1. The topological polar surface area (TPSA) is 90.0 Å². The summed E-state index contributed by atoms with van der Waals surface area (Å²) in [6, 6.07) is 13.6. The first-order chi connectivity index (χ1) is 14.5. The van der Waals surface area contributed by atoms with E-state index in [1.165, 1.54) is 22.0 Å². The lowest BCUT2D eigenvalue weighted by Crippen LogP contribution is -2.16. The van der Waals surface area contributed by atoms with Crippen LogP contribution in [0.4, 0.5) is 0 Å². The van der Waals surface area contributed by atoms with E-state index >= 15 is 0 Å². The molecule has 0 bridgehead atoms. The van der Waals surface area contributed by atoms with Crippen LogP contribution in [0.25, 0.3) is 11.4 Å². The summed E-state index contributed by atoms with van der Waals surface area (Å²) in [5.74, 6) is 0.00940. The highest BCUT2D eigenvalue weighted by Gasteiger charge is 2.13. The Morgan fingerprint density at radius 1 is 1.17 bits per heavy atom. The van der Waals surface area contributed by atoms with Crippen molar-refractivity contribution in [3.05, 3.63) is 91.7 Å². The Labute approximate surface area is 180 Å². The monoisotopic (exact) mass is 440 g/mol. The second-order valence-corrected chi connectivity index (χ2v) is 8.28. The molecule has 0 saturated heterocycles. The van der Waals surface area contributed by atoms with Crippen LogP contribution < -0.4 is 5.56 Å². The molecule has 3 aromatic heterocycles. The third-order valence-electron chi connectivity index (χ3n) is 4.58. The van der Waals surface area contributed by atoms with E-state index < -0.39 is 0 Å². The van der Waals surface area contributed by atoms with E-state index in [1.54, 1.807) is 59.5 Å². The summed E-state index contributed by atoms with van der Waals surface area (Å²) in [7, 11) is 0. The minimum absolute atomic E-state index is 0.00940. The summed E-state index contributed by atoms with van der Waals surface area (Å²) in [5.41, 5.74) is 2.41. The van der Waals surface area contributed by atoms with Gasteiger partial charge in [0.05, 0.1) is 33.4 Å². The number of benzene rings is 1. The number of rotatable bonds is 7. The SMILES string of the molecule is O=C(CCc1cn(-c2ccc(-n3ccccc3=O)cc2CO)nn1)c1ccc(Cl)s1. The van der Waals surface area contributed by atoms with Gasteiger partial charge in [0.25, 0.3) is 5.56 Å². The van der Waals surface area contributed by atoms with Crippen molar-refractivity contribution in [1.82, 2.24) is 19.6 Å². The van der Waals surface area contributed by atoms with Gasteiger partial charge in [-0.25, -0.2) is 4.68 Å². The van der Waals surface area contributed by atoms with Crippen molar-refractivity contribution in [1.29, 1.82) is 0 Å². The number of aliphatic hydroxyl groups is 1. The Morgan fingerprint density at radius 2 is 2.03 bits per heavy atom. The van der Waals surface area contributed by atoms with Crippen molar-refractivity contribution in [3.8, 4) is 11.4 Å². The predicted octanol–water partition coefficient (Wildman–Crippen LogP) is 3.44. The smallest absolute Gasteiger partial charge is 0.255 e. The Bertz CT molecular complexity index is 1260. The molecule has 0 aliphatic rings. The number of aromatic nitrogens is 4. The van der Waals surface area contributed by atoms with E-state index in [9.17, 15) is 14.7 Å². The molecule has 30 heavy (non-hydrogen) atoms. The van der Waals surface area contributed by atoms with E-state index in [0.29, 0.717) is 44.7 Å². The van der Waals surface area contributed by atoms with E-state index in [4.69, 9.17) is 11.6 Å². The molecule has 3 heterocycles. The van der Waals surface area contributed by atoms with Crippen LogP contribution in [0, 0.1) is 0 Å². The summed E-state index contributed by atoms with van der Waals surface area (Å²) >= 11 is 7.14. The van der Waals surface area contributed by atoms with Gasteiger partial charge in [0.1, 0.15) is 0 Å². The lowest BCUT2D eigenvalue weighted by Gasteiger charge is -2.11. The summed E-state index contributed by atoms with van der Waals surface area (Å²) in [6.07, 6.45) is 4.15. The lowest BCUT2D eigenvalue weighted by molar-refractivity contribution is 0.0986. The normalized spacial score (nSPS) is 11.0. The molecular weight excluding hydrogens is 424 g/mol. The van der Waals surface area contributed by atoms with Crippen LogP contribution in [0.15, 0.2) is 65.7 Å². The van der Waals surface area contributed by atoms with Gasteiger partial charge in [0.15, 0.2) is 5.78 Å². The third kappa shape index (κ3) is 4.25. The highest BCUT2D eigenvalue weighted by molar-refractivity contribution is 7.18. The second-order valence-electron chi connectivity index (χ2n) is 6.56. The number of carbonyl (C=O) groups is 1. The van der Waals surface area contributed by atoms with Crippen LogP contribution in [-0.2, 0) is 13.0 Å².